The third kappa shape index (κ3) is 3.83. The summed E-state index contributed by atoms with van der Waals surface area (Å²) in [7, 11) is 0. The molecule has 1 saturated carbocycles. The Morgan fingerprint density at radius 1 is 1.19 bits per heavy atom. The molecule has 3 rings (SSSR count). The lowest BCUT2D eigenvalue weighted by Gasteiger charge is -2.34. The van der Waals surface area contributed by atoms with E-state index < -0.39 is 30.3 Å². The Balaban J connectivity index is 1.70. The zero-order valence-electron chi connectivity index (χ0n) is 15.3. The lowest BCUT2D eigenvalue weighted by atomic mass is 9.85. The van der Waals surface area contributed by atoms with Gasteiger partial charge in [-0.3, -0.25) is 19.3 Å². The molecule has 1 aliphatic carbocycles. The second-order valence-corrected chi connectivity index (χ2v) is 7.60. The van der Waals surface area contributed by atoms with Crippen LogP contribution in [0.1, 0.15) is 38.2 Å². The van der Waals surface area contributed by atoms with Gasteiger partial charge in [-0.2, -0.15) is 0 Å². The number of amides is 5. The topological polar surface area (TPSA) is 86.8 Å². The van der Waals surface area contributed by atoms with E-state index in [-0.39, 0.29) is 12.0 Å². The second kappa shape index (κ2) is 7.68. The molecule has 7 nitrogen and oxygen atoms in total. The summed E-state index contributed by atoms with van der Waals surface area (Å²) in [5, 5.41) is 3.09. The molecule has 27 heavy (non-hydrogen) atoms. The number of imide groups is 2. The predicted molar refractivity (Wildman–Crippen MR) is 100 cm³/mol. The average molecular weight is 392 g/mol. The Bertz CT molecular complexity index is 810. The van der Waals surface area contributed by atoms with Gasteiger partial charge in [-0.05, 0) is 43.4 Å². The summed E-state index contributed by atoms with van der Waals surface area (Å²) >= 11 is 6.03. The minimum Gasteiger partial charge on any atom is -0.324 e. The van der Waals surface area contributed by atoms with Crippen LogP contribution in [0, 0.1) is 12.8 Å². The summed E-state index contributed by atoms with van der Waals surface area (Å²) in [6, 6.07) is 4.02. The summed E-state index contributed by atoms with van der Waals surface area (Å²) in [4.78, 5) is 51.3. The SMILES string of the molecule is Cc1ccc(NC(=O)CN2C(=O)C(=O)N([C@H]3CCCC[C@H]3C)C2=O)cc1Cl. The zero-order chi connectivity index (χ0) is 19.7. The molecule has 1 saturated heterocycles. The number of hydrogen-bond acceptors (Lipinski definition) is 4. The van der Waals surface area contributed by atoms with E-state index in [1.807, 2.05) is 13.8 Å². The number of carbonyl (C=O) groups excluding carboxylic acids is 4. The van der Waals surface area contributed by atoms with Gasteiger partial charge >= 0.3 is 17.8 Å². The molecular formula is C19H22ClN3O4. The van der Waals surface area contributed by atoms with E-state index >= 15 is 0 Å². The fourth-order valence-electron chi connectivity index (χ4n) is 3.65. The van der Waals surface area contributed by atoms with Gasteiger partial charge < -0.3 is 5.32 Å². The van der Waals surface area contributed by atoms with E-state index in [4.69, 9.17) is 11.6 Å². The lowest BCUT2D eigenvalue weighted by Crippen LogP contribution is -2.46. The molecule has 0 radical (unpaired) electrons. The van der Waals surface area contributed by atoms with E-state index in [0.717, 1.165) is 34.6 Å². The van der Waals surface area contributed by atoms with E-state index in [0.29, 0.717) is 17.1 Å². The summed E-state index contributed by atoms with van der Waals surface area (Å²) < 4.78 is 0. The van der Waals surface area contributed by atoms with E-state index in [9.17, 15) is 19.2 Å². The highest BCUT2D eigenvalue weighted by molar-refractivity contribution is 6.45. The minimum atomic E-state index is -0.949. The molecule has 0 aromatic heterocycles. The highest BCUT2D eigenvalue weighted by atomic mass is 35.5. The van der Waals surface area contributed by atoms with Crippen LogP contribution in [0.4, 0.5) is 10.5 Å². The van der Waals surface area contributed by atoms with Crippen LogP contribution in [0.2, 0.25) is 5.02 Å². The van der Waals surface area contributed by atoms with Crippen LogP contribution in [-0.4, -0.2) is 46.1 Å². The molecule has 2 aliphatic rings. The fraction of sp³-hybridized carbons (Fsp3) is 0.474. The molecule has 2 atom stereocenters. The van der Waals surface area contributed by atoms with Crippen LogP contribution in [0.15, 0.2) is 18.2 Å². The molecule has 0 bridgehead atoms. The molecule has 144 valence electrons. The maximum atomic E-state index is 12.7. The van der Waals surface area contributed by atoms with Crippen LogP contribution in [0.3, 0.4) is 0 Å². The van der Waals surface area contributed by atoms with Crippen molar-refractivity contribution < 1.29 is 19.2 Å². The fourth-order valence-corrected chi connectivity index (χ4v) is 3.83. The molecule has 1 N–H and O–H groups in total. The van der Waals surface area contributed by atoms with Crippen LogP contribution < -0.4 is 5.32 Å². The van der Waals surface area contributed by atoms with Crippen molar-refractivity contribution in [2.75, 3.05) is 11.9 Å². The van der Waals surface area contributed by atoms with E-state index in [1.165, 1.54) is 0 Å². The van der Waals surface area contributed by atoms with Gasteiger partial charge in [0.1, 0.15) is 6.54 Å². The van der Waals surface area contributed by atoms with Crippen molar-refractivity contribution >= 4 is 41.0 Å². The molecular weight excluding hydrogens is 370 g/mol. The first-order valence-electron chi connectivity index (χ1n) is 9.04. The standard InChI is InChI=1S/C19H22ClN3O4/c1-11-7-8-13(9-14(11)20)21-16(24)10-22-17(25)18(26)23(19(22)27)15-6-4-3-5-12(15)2/h7-9,12,15H,3-6,10H2,1-2H3,(H,21,24)/t12-,15+/m1/s1. The Morgan fingerprint density at radius 2 is 1.89 bits per heavy atom. The molecule has 1 aliphatic heterocycles. The van der Waals surface area contributed by atoms with Gasteiger partial charge in [0.15, 0.2) is 0 Å². The number of halogens is 1. The number of benzene rings is 1. The van der Waals surface area contributed by atoms with Crippen molar-refractivity contribution in [2.45, 2.75) is 45.6 Å². The average Bonchev–Trinajstić information content (AvgIpc) is 2.82. The number of aryl methyl sites for hydroxylation is 1. The normalized spacial score (nSPS) is 23.1. The molecule has 0 spiro atoms. The number of nitrogens with one attached hydrogen (secondary N) is 1. The van der Waals surface area contributed by atoms with Gasteiger partial charge in [-0.25, -0.2) is 9.69 Å². The first-order chi connectivity index (χ1) is 12.8. The monoisotopic (exact) mass is 391 g/mol. The second-order valence-electron chi connectivity index (χ2n) is 7.19. The van der Waals surface area contributed by atoms with Crippen LogP contribution >= 0.6 is 11.6 Å². The summed E-state index contributed by atoms with van der Waals surface area (Å²) in [6.07, 6.45) is 3.56. The van der Waals surface area contributed by atoms with Gasteiger partial charge in [0.05, 0.1) is 0 Å². The summed E-state index contributed by atoms with van der Waals surface area (Å²) in [6.45, 7) is 3.31. The van der Waals surface area contributed by atoms with Crippen LogP contribution in [0.5, 0.6) is 0 Å². The summed E-state index contributed by atoms with van der Waals surface area (Å²) in [5.74, 6) is -2.22. The largest absolute Gasteiger partial charge is 0.334 e. The van der Waals surface area contributed by atoms with Crippen LogP contribution in [-0.2, 0) is 14.4 Å². The van der Waals surface area contributed by atoms with Crippen molar-refractivity contribution in [2.24, 2.45) is 5.92 Å². The Morgan fingerprint density at radius 3 is 2.56 bits per heavy atom. The highest BCUT2D eigenvalue weighted by Gasteiger charge is 2.49. The Hall–Kier alpha value is -2.41. The smallest absolute Gasteiger partial charge is 0.324 e. The summed E-state index contributed by atoms with van der Waals surface area (Å²) in [5.41, 5.74) is 1.32. The van der Waals surface area contributed by atoms with E-state index in [1.54, 1.807) is 18.2 Å². The van der Waals surface area contributed by atoms with Gasteiger partial charge in [-0.1, -0.05) is 37.4 Å². The molecule has 0 unspecified atom stereocenters. The minimum absolute atomic E-state index is 0.142. The van der Waals surface area contributed by atoms with Crippen molar-refractivity contribution in [1.29, 1.82) is 0 Å². The quantitative estimate of drug-likeness (QED) is 0.631. The molecule has 1 heterocycles. The third-order valence-electron chi connectivity index (χ3n) is 5.24. The number of anilines is 1. The molecule has 1 aromatic rings. The third-order valence-corrected chi connectivity index (χ3v) is 5.65. The van der Waals surface area contributed by atoms with Crippen molar-refractivity contribution in [3.05, 3.63) is 28.8 Å². The Labute approximate surface area is 162 Å². The molecule has 1 aromatic carbocycles. The number of carbonyl (C=O) groups is 4. The van der Waals surface area contributed by atoms with Crippen molar-refractivity contribution in [3.63, 3.8) is 0 Å². The molecule has 2 fully saturated rings. The number of hydrogen-bond donors (Lipinski definition) is 1. The predicted octanol–water partition coefficient (Wildman–Crippen LogP) is 2.96. The first kappa shape index (κ1) is 19.4. The van der Waals surface area contributed by atoms with Gasteiger partial charge in [-0.15, -0.1) is 0 Å². The van der Waals surface area contributed by atoms with Crippen molar-refractivity contribution in [1.82, 2.24) is 9.80 Å². The zero-order valence-corrected chi connectivity index (χ0v) is 16.1. The number of nitrogens with zero attached hydrogens (tertiary/aromatic N) is 2. The Kier molecular flexibility index (Phi) is 5.51. The number of rotatable bonds is 4. The van der Waals surface area contributed by atoms with Crippen LogP contribution in [0.25, 0.3) is 0 Å². The van der Waals surface area contributed by atoms with Gasteiger partial charge in [0.25, 0.3) is 0 Å². The maximum Gasteiger partial charge on any atom is 0.334 e. The van der Waals surface area contributed by atoms with Gasteiger partial charge in [0.2, 0.25) is 5.91 Å². The highest BCUT2D eigenvalue weighted by Crippen LogP contribution is 2.31. The first-order valence-corrected chi connectivity index (χ1v) is 9.42. The maximum absolute atomic E-state index is 12.7. The van der Waals surface area contributed by atoms with Gasteiger partial charge in [0, 0.05) is 16.8 Å². The van der Waals surface area contributed by atoms with Crippen molar-refractivity contribution in [3.8, 4) is 0 Å². The molecule has 8 heteroatoms. The lowest BCUT2D eigenvalue weighted by molar-refractivity contribution is -0.145. The number of urea groups is 1. The van der Waals surface area contributed by atoms with E-state index in [2.05, 4.69) is 5.32 Å². The molecule has 5 amide bonds.